The number of rotatable bonds is 36. The number of hydrogen-bond donors (Lipinski definition) is 3. The van der Waals surface area contributed by atoms with E-state index < -0.39 is 32.5 Å². The Morgan fingerprint density at radius 2 is 1.00 bits per heavy atom. The van der Waals surface area contributed by atoms with Gasteiger partial charge in [-0.15, -0.1) is 0 Å². The normalized spacial score (nSPS) is 13.0. The van der Waals surface area contributed by atoms with Crippen LogP contribution < -0.4 is 0 Å². The number of hydrogen-bond acceptors (Lipinski definition) is 7. The summed E-state index contributed by atoms with van der Waals surface area (Å²) in [7, 11) is -4.77. The van der Waals surface area contributed by atoms with Crippen molar-refractivity contribution in [2.45, 2.75) is 174 Å². The standard InChI is InChI=1S/C40H71O9P/c1-2-3-4-5-6-7-8-9-15-19-22-25-28-31-34-40(43)49-38(37-48-50(44,45)46)36-47-39(42)33-30-27-24-21-18-16-13-11-10-12-14-17-20-23-26-29-32-35-41/h10,12-13,16-17,20-21,24,38,41H,2-9,11,14-15,18-19,22-23,25-37H2,1H3,(H2,44,45,46)/b12-10-,16-13-,20-17-,24-21-/t38-/m1/s1. The summed E-state index contributed by atoms with van der Waals surface area (Å²) in [4.78, 5) is 42.7. The lowest BCUT2D eigenvalue weighted by Crippen LogP contribution is -2.29. The summed E-state index contributed by atoms with van der Waals surface area (Å²) in [6, 6.07) is 0. The first-order valence-electron chi connectivity index (χ1n) is 19.5. The van der Waals surface area contributed by atoms with Gasteiger partial charge >= 0.3 is 19.8 Å². The number of phosphoric acid groups is 1. The molecule has 0 bridgehead atoms. The maximum absolute atomic E-state index is 12.4. The van der Waals surface area contributed by atoms with Gasteiger partial charge in [-0.3, -0.25) is 14.1 Å². The van der Waals surface area contributed by atoms with E-state index in [1.807, 2.05) is 6.08 Å². The first-order chi connectivity index (χ1) is 24.3. The second kappa shape index (κ2) is 36.8. The second-order valence-corrected chi connectivity index (χ2v) is 14.2. The summed E-state index contributed by atoms with van der Waals surface area (Å²) >= 11 is 0. The predicted octanol–water partition coefficient (Wildman–Crippen LogP) is 10.5. The highest BCUT2D eigenvalue weighted by Gasteiger charge is 2.22. The average molecular weight is 727 g/mol. The quantitative estimate of drug-likeness (QED) is 0.0249. The average Bonchev–Trinajstić information content (AvgIpc) is 3.08. The van der Waals surface area contributed by atoms with Gasteiger partial charge in [0.2, 0.25) is 0 Å². The zero-order valence-electron chi connectivity index (χ0n) is 31.2. The molecule has 1 atom stereocenters. The van der Waals surface area contributed by atoms with Gasteiger partial charge in [-0.25, -0.2) is 4.57 Å². The van der Waals surface area contributed by atoms with E-state index in [0.29, 0.717) is 19.3 Å². The van der Waals surface area contributed by atoms with Gasteiger partial charge < -0.3 is 24.4 Å². The highest BCUT2D eigenvalue weighted by atomic mass is 31.2. The third-order valence-corrected chi connectivity index (χ3v) is 8.64. The van der Waals surface area contributed by atoms with Gasteiger partial charge in [-0.05, 0) is 57.8 Å². The number of aliphatic hydroxyl groups is 1. The summed E-state index contributed by atoms with van der Waals surface area (Å²) in [5.41, 5.74) is 0. The number of aliphatic hydroxyl groups excluding tert-OH is 1. The molecule has 50 heavy (non-hydrogen) atoms. The summed E-state index contributed by atoms with van der Waals surface area (Å²) < 4.78 is 26.3. The fourth-order valence-corrected chi connectivity index (χ4v) is 5.59. The third kappa shape index (κ3) is 38.8. The van der Waals surface area contributed by atoms with Crippen LogP contribution in [0.2, 0.25) is 0 Å². The monoisotopic (exact) mass is 726 g/mol. The molecule has 9 nitrogen and oxygen atoms in total. The lowest BCUT2D eigenvalue weighted by molar-refractivity contribution is -0.161. The van der Waals surface area contributed by atoms with Crippen molar-refractivity contribution in [3.63, 3.8) is 0 Å². The Labute approximate surface area is 304 Å². The Morgan fingerprint density at radius 3 is 1.50 bits per heavy atom. The highest BCUT2D eigenvalue weighted by molar-refractivity contribution is 7.46. The van der Waals surface area contributed by atoms with Crippen LogP contribution in [0.4, 0.5) is 0 Å². The largest absolute Gasteiger partial charge is 0.469 e. The molecular weight excluding hydrogens is 655 g/mol. The Morgan fingerprint density at radius 1 is 0.560 bits per heavy atom. The summed E-state index contributed by atoms with van der Waals surface area (Å²) in [6.45, 7) is 1.64. The molecule has 0 fully saturated rings. The maximum atomic E-state index is 12.4. The number of allylic oxidation sites excluding steroid dienone is 8. The number of esters is 2. The fraction of sp³-hybridized carbons (Fsp3) is 0.750. The summed E-state index contributed by atoms with van der Waals surface area (Å²) in [5, 5.41) is 8.77. The van der Waals surface area contributed by atoms with Crippen LogP contribution in [-0.4, -0.2) is 52.8 Å². The topological polar surface area (TPSA) is 140 Å². The number of carbonyl (C=O) groups is 2. The lowest BCUT2D eigenvalue weighted by atomic mass is 10.0. The van der Waals surface area contributed by atoms with E-state index in [0.717, 1.165) is 64.2 Å². The van der Waals surface area contributed by atoms with Crippen LogP contribution in [-0.2, 0) is 28.2 Å². The molecule has 0 unspecified atom stereocenters. The van der Waals surface area contributed by atoms with Crippen molar-refractivity contribution in [2.75, 3.05) is 19.8 Å². The van der Waals surface area contributed by atoms with Crippen LogP contribution in [0.25, 0.3) is 0 Å². The van der Waals surface area contributed by atoms with Crippen molar-refractivity contribution in [3.05, 3.63) is 48.6 Å². The molecule has 0 aliphatic carbocycles. The molecule has 0 aromatic rings. The number of unbranched alkanes of at least 4 members (excludes halogenated alkanes) is 17. The maximum Gasteiger partial charge on any atom is 0.469 e. The van der Waals surface area contributed by atoms with Crippen LogP contribution in [0.15, 0.2) is 48.6 Å². The van der Waals surface area contributed by atoms with E-state index in [1.165, 1.54) is 64.2 Å². The Balaban J connectivity index is 4.04. The molecule has 0 saturated heterocycles. The summed E-state index contributed by atoms with van der Waals surface area (Å²) in [5.74, 6) is -0.963. The van der Waals surface area contributed by atoms with Crippen LogP contribution >= 0.6 is 7.82 Å². The molecule has 0 radical (unpaired) electrons. The first-order valence-corrected chi connectivity index (χ1v) is 21.1. The minimum atomic E-state index is -4.77. The van der Waals surface area contributed by atoms with Crippen molar-refractivity contribution in [2.24, 2.45) is 0 Å². The van der Waals surface area contributed by atoms with Crippen LogP contribution in [0.1, 0.15) is 167 Å². The van der Waals surface area contributed by atoms with Crippen LogP contribution in [0.3, 0.4) is 0 Å². The van der Waals surface area contributed by atoms with Crippen LogP contribution in [0.5, 0.6) is 0 Å². The van der Waals surface area contributed by atoms with Gasteiger partial charge in [-0.2, -0.15) is 0 Å². The van der Waals surface area contributed by atoms with Gasteiger partial charge in [0.05, 0.1) is 6.61 Å². The molecule has 290 valence electrons. The molecule has 0 rings (SSSR count). The number of carbonyl (C=O) groups excluding carboxylic acids is 2. The van der Waals surface area contributed by atoms with Crippen LogP contribution in [0, 0.1) is 0 Å². The third-order valence-electron chi connectivity index (χ3n) is 8.16. The number of ether oxygens (including phenoxy) is 2. The van der Waals surface area contributed by atoms with E-state index >= 15 is 0 Å². The van der Waals surface area contributed by atoms with E-state index in [2.05, 4.69) is 54.0 Å². The van der Waals surface area contributed by atoms with Crippen molar-refractivity contribution >= 4 is 19.8 Å². The Kier molecular flexibility index (Phi) is 35.3. The lowest BCUT2D eigenvalue weighted by Gasteiger charge is -2.18. The first kappa shape index (κ1) is 48.0. The fourth-order valence-electron chi connectivity index (χ4n) is 5.23. The molecule has 0 aliphatic rings. The van der Waals surface area contributed by atoms with Gasteiger partial charge in [0.15, 0.2) is 6.10 Å². The molecule has 0 spiro atoms. The van der Waals surface area contributed by atoms with E-state index in [4.69, 9.17) is 24.4 Å². The second-order valence-electron chi connectivity index (χ2n) is 13.0. The van der Waals surface area contributed by atoms with E-state index in [9.17, 15) is 14.2 Å². The minimum Gasteiger partial charge on any atom is -0.462 e. The van der Waals surface area contributed by atoms with Crippen molar-refractivity contribution in [1.82, 2.24) is 0 Å². The van der Waals surface area contributed by atoms with Crippen molar-refractivity contribution in [3.8, 4) is 0 Å². The molecule has 0 aromatic carbocycles. The van der Waals surface area contributed by atoms with Gasteiger partial charge in [0.1, 0.15) is 6.61 Å². The van der Waals surface area contributed by atoms with Crippen molar-refractivity contribution < 1.29 is 43.0 Å². The molecule has 0 aliphatic heterocycles. The molecule has 0 saturated carbocycles. The van der Waals surface area contributed by atoms with Gasteiger partial charge in [0.25, 0.3) is 0 Å². The highest BCUT2D eigenvalue weighted by Crippen LogP contribution is 2.36. The zero-order valence-corrected chi connectivity index (χ0v) is 32.1. The Hall–Kier alpha value is -2.03. The van der Waals surface area contributed by atoms with Crippen molar-refractivity contribution in [1.29, 1.82) is 0 Å². The Bertz CT molecular complexity index is 954. The summed E-state index contributed by atoms with van der Waals surface area (Å²) in [6.07, 6.45) is 41.3. The van der Waals surface area contributed by atoms with E-state index in [1.54, 1.807) is 0 Å². The number of phosphoric ester groups is 1. The molecule has 10 heteroatoms. The van der Waals surface area contributed by atoms with Gasteiger partial charge in [-0.1, -0.05) is 145 Å². The van der Waals surface area contributed by atoms with Gasteiger partial charge in [0, 0.05) is 19.4 Å². The molecular formula is C40H71O9P. The zero-order chi connectivity index (χ0) is 36.8. The molecule has 0 amide bonds. The minimum absolute atomic E-state index is 0.182. The smallest absolute Gasteiger partial charge is 0.462 e. The molecule has 3 N–H and O–H groups in total. The molecule has 0 aromatic heterocycles. The van der Waals surface area contributed by atoms with E-state index in [-0.39, 0.29) is 26.1 Å². The SMILES string of the molecule is CCCCCCCCCCCCCCCCC(=O)O[C@H](COC(=O)CCC/C=C\C/C=C\C/C=C\C/C=C\CCCCCO)COP(=O)(O)O. The predicted molar refractivity (Wildman–Crippen MR) is 204 cm³/mol. The molecule has 0 heterocycles.